The average molecular weight is 357 g/mol. The van der Waals surface area contributed by atoms with Crippen molar-refractivity contribution in [2.24, 2.45) is 40.4 Å². The summed E-state index contributed by atoms with van der Waals surface area (Å²) in [6.45, 7) is 4.37. The summed E-state index contributed by atoms with van der Waals surface area (Å²) in [7, 11) is 0. The molecule has 0 aromatic rings. The second-order valence-electron chi connectivity index (χ2n) is 10.7. The van der Waals surface area contributed by atoms with Gasteiger partial charge in [-0.05, 0) is 124 Å². The molecule has 5 rings (SSSR count). The fourth-order valence-electron chi connectivity index (χ4n) is 9.02. The number of rotatable bonds is 1. The van der Waals surface area contributed by atoms with E-state index in [-0.39, 0.29) is 6.10 Å². The summed E-state index contributed by atoms with van der Waals surface area (Å²) < 4.78 is 0. The molecule has 1 N–H and O–H groups in total. The van der Waals surface area contributed by atoms with E-state index in [1.807, 2.05) is 0 Å². The van der Waals surface area contributed by atoms with Gasteiger partial charge in [0.1, 0.15) is 0 Å². The van der Waals surface area contributed by atoms with E-state index in [9.17, 15) is 9.90 Å². The highest BCUT2D eigenvalue weighted by molar-refractivity contribution is 5.94. The number of hydrogen-bond donors (Lipinski definition) is 1. The molecule has 5 aliphatic carbocycles. The van der Waals surface area contributed by atoms with Gasteiger partial charge in [0.05, 0.1) is 6.10 Å². The number of Topliss-reactive ketones (excluding diaryl/α,β-unsaturated/α-hetero) is 1. The quantitative estimate of drug-likeness (QED) is 0.692. The number of allylic oxidation sites excluding steroid dienone is 2. The Morgan fingerprint density at radius 1 is 1.04 bits per heavy atom. The first-order valence-corrected chi connectivity index (χ1v) is 11.3. The molecular formula is C24H36O2. The van der Waals surface area contributed by atoms with Crippen LogP contribution in [0.4, 0.5) is 0 Å². The molecule has 0 aliphatic heterocycles. The third kappa shape index (κ3) is 2.23. The maximum absolute atomic E-state index is 12.3. The van der Waals surface area contributed by atoms with Crippen molar-refractivity contribution in [3.05, 3.63) is 11.6 Å². The summed E-state index contributed by atoms with van der Waals surface area (Å²) in [6, 6.07) is 0. The molecule has 144 valence electrons. The second kappa shape index (κ2) is 5.93. The van der Waals surface area contributed by atoms with Crippen LogP contribution in [0.3, 0.4) is 0 Å². The Bertz CT molecular complexity index is 636. The van der Waals surface area contributed by atoms with Crippen LogP contribution in [0.25, 0.3) is 0 Å². The number of hydrogen-bond acceptors (Lipinski definition) is 2. The summed E-state index contributed by atoms with van der Waals surface area (Å²) in [5.74, 6) is 4.27. The molecule has 4 fully saturated rings. The van der Waals surface area contributed by atoms with E-state index < -0.39 is 0 Å². The fraction of sp³-hybridized carbons (Fsp3) is 0.875. The maximum atomic E-state index is 12.3. The molecule has 4 saturated carbocycles. The lowest BCUT2D eigenvalue weighted by Crippen LogP contribution is -2.55. The molecule has 26 heavy (non-hydrogen) atoms. The van der Waals surface area contributed by atoms with Crippen molar-refractivity contribution in [2.75, 3.05) is 0 Å². The number of carbonyl (C=O) groups excluding carboxylic acids is 1. The summed E-state index contributed by atoms with van der Waals surface area (Å²) in [6.07, 6.45) is 16.1. The highest BCUT2D eigenvalue weighted by Crippen LogP contribution is 2.70. The lowest BCUT2D eigenvalue weighted by Gasteiger charge is -2.62. The summed E-state index contributed by atoms with van der Waals surface area (Å²) in [5, 5.41) is 10.2. The predicted molar refractivity (Wildman–Crippen MR) is 104 cm³/mol. The molecule has 0 amide bonds. The van der Waals surface area contributed by atoms with Gasteiger partial charge in [0.15, 0.2) is 5.78 Å². The van der Waals surface area contributed by atoms with Gasteiger partial charge >= 0.3 is 0 Å². The molecule has 0 aromatic carbocycles. The van der Waals surface area contributed by atoms with E-state index in [1.165, 1.54) is 56.9 Å². The third-order valence-corrected chi connectivity index (χ3v) is 10.1. The Morgan fingerprint density at radius 2 is 1.88 bits per heavy atom. The molecule has 0 aromatic heterocycles. The van der Waals surface area contributed by atoms with E-state index in [1.54, 1.807) is 6.92 Å². The van der Waals surface area contributed by atoms with Gasteiger partial charge in [0.2, 0.25) is 0 Å². The Kier molecular flexibility index (Phi) is 3.98. The number of aliphatic hydroxyl groups is 1. The second-order valence-corrected chi connectivity index (χ2v) is 10.7. The van der Waals surface area contributed by atoms with Gasteiger partial charge in [-0.3, -0.25) is 4.79 Å². The van der Waals surface area contributed by atoms with Crippen LogP contribution in [0.1, 0.15) is 84.5 Å². The number of fused-ring (bicyclic) bond motifs is 4. The van der Waals surface area contributed by atoms with E-state index in [4.69, 9.17) is 0 Å². The first-order chi connectivity index (χ1) is 12.5. The summed E-state index contributed by atoms with van der Waals surface area (Å²) in [4.78, 5) is 12.3. The summed E-state index contributed by atoms with van der Waals surface area (Å²) in [5.41, 5.74) is 2.11. The van der Waals surface area contributed by atoms with Crippen LogP contribution in [0, 0.1) is 40.4 Å². The minimum absolute atomic E-state index is 0.0444. The molecule has 0 saturated heterocycles. The Hall–Kier alpha value is -0.630. The lowest BCUT2D eigenvalue weighted by atomic mass is 9.43. The molecule has 0 bridgehead atoms. The molecule has 2 heteroatoms. The van der Waals surface area contributed by atoms with Gasteiger partial charge in [0.25, 0.3) is 0 Å². The molecule has 3 unspecified atom stereocenters. The Morgan fingerprint density at radius 3 is 2.69 bits per heavy atom. The number of ketones is 1. The molecule has 8 atom stereocenters. The van der Waals surface area contributed by atoms with Gasteiger partial charge in [-0.2, -0.15) is 0 Å². The highest BCUT2D eigenvalue weighted by Gasteiger charge is 2.62. The molecule has 0 heterocycles. The number of aliphatic hydroxyl groups excluding tert-OH is 1. The standard InChI is InChI=1S/C24H36O2/c1-15(25)18-4-3-11-24-13-10-20-19(22(24)8-7-21(18)24)6-5-16-14-17(26)9-12-23(16,20)2/h4,16-17,19-22,26H,3,5-14H2,1-2H3/t16-,17+,19?,20?,21+,22?,23-,24+/m0/s1. The van der Waals surface area contributed by atoms with Crippen LogP contribution < -0.4 is 0 Å². The Labute approximate surface area is 158 Å². The predicted octanol–water partition coefficient (Wildman–Crippen LogP) is 5.30. The van der Waals surface area contributed by atoms with Crippen molar-refractivity contribution in [1.82, 2.24) is 0 Å². The molecule has 1 spiro atoms. The minimum atomic E-state index is -0.0444. The minimum Gasteiger partial charge on any atom is -0.393 e. The van der Waals surface area contributed by atoms with Crippen molar-refractivity contribution in [3.8, 4) is 0 Å². The average Bonchev–Trinajstić information content (AvgIpc) is 3.02. The van der Waals surface area contributed by atoms with Gasteiger partial charge in [-0.1, -0.05) is 13.0 Å². The van der Waals surface area contributed by atoms with Crippen LogP contribution in [-0.2, 0) is 4.79 Å². The van der Waals surface area contributed by atoms with Crippen LogP contribution in [0.15, 0.2) is 11.6 Å². The van der Waals surface area contributed by atoms with E-state index >= 15 is 0 Å². The van der Waals surface area contributed by atoms with Crippen molar-refractivity contribution in [1.29, 1.82) is 0 Å². The zero-order valence-electron chi connectivity index (χ0n) is 16.7. The zero-order valence-corrected chi connectivity index (χ0v) is 16.7. The molecular weight excluding hydrogens is 320 g/mol. The van der Waals surface area contributed by atoms with Crippen molar-refractivity contribution >= 4 is 5.78 Å². The third-order valence-electron chi connectivity index (χ3n) is 10.1. The van der Waals surface area contributed by atoms with Crippen LogP contribution in [-0.4, -0.2) is 17.0 Å². The SMILES string of the molecule is CC(=O)C1=CCC[C@]23CCC4C(CC[C@H]5C[C@H](O)CC[C@]45C)C2CC[C@H]13. The lowest BCUT2D eigenvalue weighted by molar-refractivity contribution is -0.132. The number of carbonyl (C=O) groups is 1. The molecule has 0 radical (unpaired) electrons. The van der Waals surface area contributed by atoms with E-state index in [2.05, 4.69) is 13.0 Å². The highest BCUT2D eigenvalue weighted by atomic mass is 16.3. The van der Waals surface area contributed by atoms with Crippen LogP contribution >= 0.6 is 0 Å². The van der Waals surface area contributed by atoms with Crippen LogP contribution in [0.5, 0.6) is 0 Å². The zero-order chi connectivity index (χ0) is 18.1. The summed E-state index contributed by atoms with van der Waals surface area (Å²) >= 11 is 0. The normalized spacial score (nSPS) is 53.0. The van der Waals surface area contributed by atoms with Gasteiger partial charge in [-0.15, -0.1) is 0 Å². The maximum Gasteiger partial charge on any atom is 0.155 e. The first-order valence-electron chi connectivity index (χ1n) is 11.3. The van der Waals surface area contributed by atoms with Gasteiger partial charge in [-0.25, -0.2) is 0 Å². The fourth-order valence-corrected chi connectivity index (χ4v) is 9.02. The molecule has 5 aliphatic rings. The van der Waals surface area contributed by atoms with Crippen molar-refractivity contribution in [2.45, 2.75) is 90.6 Å². The smallest absolute Gasteiger partial charge is 0.155 e. The van der Waals surface area contributed by atoms with E-state index in [0.717, 1.165) is 42.9 Å². The van der Waals surface area contributed by atoms with Crippen LogP contribution in [0.2, 0.25) is 0 Å². The largest absolute Gasteiger partial charge is 0.393 e. The topological polar surface area (TPSA) is 37.3 Å². The monoisotopic (exact) mass is 356 g/mol. The molecule has 2 nitrogen and oxygen atoms in total. The van der Waals surface area contributed by atoms with Gasteiger partial charge in [0, 0.05) is 0 Å². The van der Waals surface area contributed by atoms with Crippen molar-refractivity contribution < 1.29 is 9.90 Å². The van der Waals surface area contributed by atoms with E-state index in [0.29, 0.717) is 22.5 Å². The van der Waals surface area contributed by atoms with Gasteiger partial charge < -0.3 is 5.11 Å². The first kappa shape index (κ1) is 17.5. The van der Waals surface area contributed by atoms with Crippen molar-refractivity contribution in [3.63, 3.8) is 0 Å². The Balaban J connectivity index is 1.46.